The maximum absolute atomic E-state index is 13.3. The molecule has 5 aromatic rings. The average Bonchev–Trinajstić information content (AvgIpc) is 3.66. The van der Waals surface area contributed by atoms with Crippen molar-refractivity contribution >= 4 is 66.7 Å². The molecule has 4 heterocycles. The second kappa shape index (κ2) is 15.9. The first-order valence-corrected chi connectivity index (χ1v) is 20.1. The van der Waals surface area contributed by atoms with Crippen molar-refractivity contribution in [3.63, 3.8) is 0 Å². The molecule has 13 heteroatoms. The number of nitrogens with one attached hydrogen (secondary N) is 1. The number of piperidine rings is 1. The zero-order valence-corrected chi connectivity index (χ0v) is 32.4. The van der Waals surface area contributed by atoms with Gasteiger partial charge < -0.3 is 19.5 Å². The summed E-state index contributed by atoms with van der Waals surface area (Å²) in [4.78, 5) is 57.0. The van der Waals surface area contributed by atoms with Gasteiger partial charge in [-0.3, -0.25) is 34.3 Å². The van der Waals surface area contributed by atoms with Gasteiger partial charge in [-0.1, -0.05) is 28.1 Å². The lowest BCUT2D eigenvalue weighted by Gasteiger charge is -2.36. The predicted molar refractivity (Wildman–Crippen MR) is 214 cm³/mol. The Labute approximate surface area is 330 Å². The van der Waals surface area contributed by atoms with Gasteiger partial charge in [0.25, 0.3) is 11.8 Å². The van der Waals surface area contributed by atoms with Crippen LogP contribution in [0.4, 0.5) is 5.69 Å². The van der Waals surface area contributed by atoms with E-state index in [4.69, 9.17) is 9.47 Å². The van der Waals surface area contributed by atoms with E-state index in [1.54, 1.807) is 35.6 Å². The normalized spacial score (nSPS) is 17.5. The third-order valence-electron chi connectivity index (χ3n) is 10.3. The van der Waals surface area contributed by atoms with E-state index in [1.165, 1.54) is 0 Å². The number of halogens is 1. The molecule has 55 heavy (non-hydrogen) atoms. The molecule has 0 aliphatic carbocycles. The number of ether oxygens (including phenoxy) is 2. The molecule has 8 rings (SSSR count). The summed E-state index contributed by atoms with van der Waals surface area (Å²) in [5, 5.41) is 13.3. The molecular weight excluding hydrogens is 784 g/mol. The van der Waals surface area contributed by atoms with Crippen LogP contribution in [0.2, 0.25) is 0 Å². The fraction of sp³-hybridized carbons (Fsp3) is 0.286. The fourth-order valence-electron chi connectivity index (χ4n) is 7.37. The van der Waals surface area contributed by atoms with Gasteiger partial charge in [0.1, 0.15) is 23.3 Å². The molecule has 282 valence electrons. The summed E-state index contributed by atoms with van der Waals surface area (Å²) in [6.07, 6.45) is 3.29. The van der Waals surface area contributed by atoms with Gasteiger partial charge in [-0.2, -0.15) is 0 Å². The minimum Gasteiger partial charge on any atom is -0.508 e. The van der Waals surface area contributed by atoms with Gasteiger partial charge in [-0.15, -0.1) is 11.3 Å². The van der Waals surface area contributed by atoms with Gasteiger partial charge >= 0.3 is 0 Å². The van der Waals surface area contributed by atoms with Crippen molar-refractivity contribution in [3.05, 3.63) is 101 Å². The predicted octanol–water partition coefficient (Wildman–Crippen LogP) is 7.60. The van der Waals surface area contributed by atoms with Crippen LogP contribution in [-0.2, 0) is 9.59 Å². The number of fused-ring (bicyclic) bond motifs is 2. The molecule has 3 aliphatic heterocycles. The van der Waals surface area contributed by atoms with E-state index in [2.05, 4.69) is 31.0 Å². The Hall–Kier alpha value is -5.24. The number of aromatic hydroxyl groups is 1. The Morgan fingerprint density at radius 1 is 0.800 bits per heavy atom. The summed E-state index contributed by atoms with van der Waals surface area (Å²) < 4.78 is 14.5. The topological polar surface area (TPSA) is 129 Å². The molecule has 2 fully saturated rings. The van der Waals surface area contributed by atoms with Crippen LogP contribution in [0.5, 0.6) is 23.0 Å². The van der Waals surface area contributed by atoms with E-state index in [1.807, 2.05) is 60.7 Å². The van der Waals surface area contributed by atoms with Crippen LogP contribution >= 0.6 is 27.3 Å². The lowest BCUT2D eigenvalue weighted by atomic mass is 10.0. The quantitative estimate of drug-likeness (QED) is 0.0966. The largest absolute Gasteiger partial charge is 0.508 e. The first-order valence-electron chi connectivity index (χ1n) is 18.5. The fourth-order valence-corrected chi connectivity index (χ4v) is 8.80. The van der Waals surface area contributed by atoms with Crippen molar-refractivity contribution in [2.45, 2.75) is 38.1 Å². The number of imide groups is 2. The number of carbonyl (C=O) groups is 4. The minimum atomic E-state index is -0.967. The Balaban J connectivity index is 0.773. The Kier molecular flexibility index (Phi) is 10.6. The second-order valence-electron chi connectivity index (χ2n) is 13.9. The molecule has 4 amide bonds. The molecule has 1 atom stereocenters. The van der Waals surface area contributed by atoms with E-state index < -0.39 is 29.7 Å². The van der Waals surface area contributed by atoms with E-state index in [-0.39, 0.29) is 18.6 Å². The molecule has 2 saturated heterocycles. The highest BCUT2D eigenvalue weighted by Gasteiger charge is 2.44. The number of hydrogen-bond acceptors (Lipinski definition) is 10. The second-order valence-corrected chi connectivity index (χ2v) is 15.9. The molecule has 2 N–H and O–H groups in total. The molecule has 0 radical (unpaired) electrons. The van der Waals surface area contributed by atoms with Crippen LogP contribution in [0, 0.1) is 0 Å². The van der Waals surface area contributed by atoms with Crippen molar-refractivity contribution in [2.75, 3.05) is 44.2 Å². The van der Waals surface area contributed by atoms with Gasteiger partial charge in [0, 0.05) is 52.8 Å². The highest BCUT2D eigenvalue weighted by molar-refractivity contribution is 9.10. The molecule has 1 aromatic heterocycles. The summed E-state index contributed by atoms with van der Waals surface area (Å²) in [6.45, 7) is 5.02. The van der Waals surface area contributed by atoms with Crippen LogP contribution in [0.25, 0.3) is 20.5 Å². The third kappa shape index (κ3) is 7.82. The average molecular weight is 824 g/mol. The SMILES string of the molecule is O=C1CCC(N2C(=O)c3ccc(N4CCN(CCCCCOc5ccc(Oc6c(-c7ccc(Br)cc7)sc7cc(O)ccc67)cc5)CC4)cc3C2=O)C(=O)N1. The molecule has 4 aromatic carbocycles. The number of anilines is 1. The number of amides is 4. The molecule has 3 aliphatic rings. The molecular formula is C42H39BrN4O7S. The highest BCUT2D eigenvalue weighted by Crippen LogP contribution is 2.47. The number of phenolic OH excluding ortho intramolecular Hbond substituents is 1. The Morgan fingerprint density at radius 2 is 1.55 bits per heavy atom. The number of piperazine rings is 1. The smallest absolute Gasteiger partial charge is 0.262 e. The van der Waals surface area contributed by atoms with Crippen molar-refractivity contribution in [2.24, 2.45) is 0 Å². The number of rotatable bonds is 12. The van der Waals surface area contributed by atoms with Crippen molar-refractivity contribution in [3.8, 4) is 33.4 Å². The molecule has 1 unspecified atom stereocenters. The number of unbranched alkanes of at least 4 members (excludes halogenated alkanes) is 2. The van der Waals surface area contributed by atoms with Crippen molar-refractivity contribution in [1.29, 1.82) is 0 Å². The maximum atomic E-state index is 13.3. The molecule has 0 bridgehead atoms. The summed E-state index contributed by atoms with van der Waals surface area (Å²) in [7, 11) is 0. The first kappa shape index (κ1) is 36.7. The monoisotopic (exact) mass is 822 g/mol. The highest BCUT2D eigenvalue weighted by atomic mass is 79.9. The van der Waals surface area contributed by atoms with E-state index in [0.29, 0.717) is 23.5 Å². The van der Waals surface area contributed by atoms with Crippen molar-refractivity contribution < 1.29 is 33.8 Å². The summed E-state index contributed by atoms with van der Waals surface area (Å²) in [5.74, 6) is 0.507. The molecule has 0 saturated carbocycles. The van der Waals surface area contributed by atoms with Crippen LogP contribution in [-0.4, -0.2) is 83.9 Å². The molecule has 0 spiro atoms. The van der Waals surface area contributed by atoms with Crippen LogP contribution in [0.15, 0.2) is 89.4 Å². The summed E-state index contributed by atoms with van der Waals surface area (Å²) >= 11 is 5.10. The minimum absolute atomic E-state index is 0.0951. The zero-order chi connectivity index (χ0) is 38.1. The number of carbonyl (C=O) groups excluding carboxylic acids is 4. The number of thiophene rings is 1. The third-order valence-corrected chi connectivity index (χ3v) is 12.0. The van der Waals surface area contributed by atoms with Gasteiger partial charge in [0.15, 0.2) is 5.75 Å². The van der Waals surface area contributed by atoms with Crippen LogP contribution < -0.4 is 19.7 Å². The van der Waals surface area contributed by atoms with E-state index in [0.717, 1.165) is 99.1 Å². The van der Waals surface area contributed by atoms with Gasteiger partial charge in [-0.25, -0.2) is 0 Å². The van der Waals surface area contributed by atoms with E-state index in [9.17, 15) is 24.3 Å². The Morgan fingerprint density at radius 3 is 2.31 bits per heavy atom. The summed E-state index contributed by atoms with van der Waals surface area (Å²) in [5.41, 5.74) is 2.52. The first-order chi connectivity index (χ1) is 26.7. The number of hydrogen-bond donors (Lipinski definition) is 2. The van der Waals surface area contributed by atoms with Crippen LogP contribution in [0.3, 0.4) is 0 Å². The zero-order valence-electron chi connectivity index (χ0n) is 30.0. The molecule has 11 nitrogen and oxygen atoms in total. The lowest BCUT2D eigenvalue weighted by molar-refractivity contribution is -0.136. The van der Waals surface area contributed by atoms with Crippen molar-refractivity contribution in [1.82, 2.24) is 15.1 Å². The van der Waals surface area contributed by atoms with E-state index >= 15 is 0 Å². The lowest BCUT2D eigenvalue weighted by Crippen LogP contribution is -2.54. The van der Waals surface area contributed by atoms with Crippen LogP contribution in [0.1, 0.15) is 52.8 Å². The maximum Gasteiger partial charge on any atom is 0.262 e. The van der Waals surface area contributed by atoms with Gasteiger partial charge in [-0.05, 0) is 111 Å². The number of phenols is 1. The number of benzene rings is 4. The van der Waals surface area contributed by atoms with Gasteiger partial charge in [0.05, 0.1) is 22.6 Å². The van der Waals surface area contributed by atoms with Gasteiger partial charge in [0.2, 0.25) is 11.8 Å². The summed E-state index contributed by atoms with van der Waals surface area (Å²) in [6, 6.07) is 25.5. The number of nitrogens with zero attached hydrogens (tertiary/aromatic N) is 3. The Bertz CT molecular complexity index is 2270. The standard InChI is InChI=1S/C42H39BrN4O7S/c43-27-6-4-26(5-7-27)39-38(33-15-9-29(48)25-36(33)55-39)54-31-12-10-30(11-13-31)53-23-3-1-2-18-45-19-21-46(22-20-45)28-8-14-32-34(24-28)42(52)47(41(32)51)35-16-17-37(49)44-40(35)50/h4-15,24-25,35,48H,1-3,16-23H2,(H,44,49,50).